The Morgan fingerprint density at radius 3 is 3.00 bits per heavy atom. The van der Waals surface area contributed by atoms with Crippen LogP contribution in [0.2, 0.25) is 0 Å². The first-order valence-electron chi connectivity index (χ1n) is 5.90. The van der Waals surface area contributed by atoms with Crippen molar-refractivity contribution < 1.29 is 8.81 Å². The number of nitrogens with one attached hydrogen (secondary N) is 1. The van der Waals surface area contributed by atoms with E-state index in [-0.39, 0.29) is 24.3 Å². The van der Waals surface area contributed by atoms with E-state index in [9.17, 15) is 4.39 Å². The monoisotopic (exact) mass is 270 g/mol. The maximum absolute atomic E-state index is 14.0. The van der Waals surface area contributed by atoms with Gasteiger partial charge in [-0.05, 0) is 25.1 Å². The average molecular weight is 271 g/mol. The maximum Gasteiger partial charge on any atom is 0.160 e. The predicted molar refractivity (Wildman–Crippen MR) is 73.1 cm³/mol. The minimum Gasteiger partial charge on any atom is -0.462 e. The topological polar surface area (TPSA) is 28.4 Å². The third-order valence-electron chi connectivity index (χ3n) is 3.33. The molecule has 1 aromatic carbocycles. The summed E-state index contributed by atoms with van der Waals surface area (Å²) in [7, 11) is 0. The summed E-state index contributed by atoms with van der Waals surface area (Å²) in [5.74, 6) is -0.207. The summed E-state index contributed by atoms with van der Waals surface area (Å²) >= 11 is 0. The fourth-order valence-corrected chi connectivity index (χ4v) is 2.43. The molecule has 18 heavy (non-hydrogen) atoms. The van der Waals surface area contributed by atoms with Crippen LogP contribution in [0, 0.1) is 5.82 Å². The third kappa shape index (κ3) is 2.06. The first kappa shape index (κ1) is 13.2. The Morgan fingerprint density at radius 2 is 2.22 bits per heavy atom. The molecule has 3 rings (SSSR count). The van der Waals surface area contributed by atoms with Gasteiger partial charge in [0.1, 0.15) is 11.5 Å². The lowest BCUT2D eigenvalue weighted by atomic mass is 10.1. The van der Waals surface area contributed by atoms with Gasteiger partial charge in [-0.15, -0.1) is 12.4 Å². The number of hydrogen-bond donors (Lipinski definition) is 1. The lowest BCUT2D eigenvalue weighted by Crippen LogP contribution is -2.50. The summed E-state index contributed by atoms with van der Waals surface area (Å²) < 4.78 is 19.5. The summed E-state index contributed by atoms with van der Waals surface area (Å²) in [4.78, 5) is 2.08. The molecule has 1 aliphatic rings. The molecule has 5 heteroatoms. The summed E-state index contributed by atoms with van der Waals surface area (Å²) in [6.45, 7) is 4.64. The Labute approximate surface area is 111 Å². The lowest BCUT2D eigenvalue weighted by molar-refractivity contribution is 0.488. The van der Waals surface area contributed by atoms with E-state index in [1.807, 2.05) is 6.07 Å². The molecule has 0 saturated carbocycles. The fraction of sp³-hybridized carbons (Fsp3) is 0.385. The molecule has 0 bridgehead atoms. The lowest BCUT2D eigenvalue weighted by Gasteiger charge is -2.35. The van der Waals surface area contributed by atoms with Crippen LogP contribution in [0.25, 0.3) is 11.0 Å². The van der Waals surface area contributed by atoms with Gasteiger partial charge in [-0.2, -0.15) is 0 Å². The first-order chi connectivity index (χ1) is 8.27. The number of rotatable bonds is 1. The van der Waals surface area contributed by atoms with Crippen LogP contribution in [0.3, 0.4) is 0 Å². The van der Waals surface area contributed by atoms with Crippen LogP contribution in [0.1, 0.15) is 6.92 Å². The Bertz CT molecular complexity index is 543. The molecule has 98 valence electrons. The number of hydrogen-bond acceptors (Lipinski definition) is 3. The molecule has 0 radical (unpaired) electrons. The van der Waals surface area contributed by atoms with E-state index in [1.54, 1.807) is 12.3 Å². The molecule has 0 amide bonds. The Hall–Kier alpha value is -1.26. The van der Waals surface area contributed by atoms with Gasteiger partial charge in [-0.25, -0.2) is 4.39 Å². The zero-order chi connectivity index (χ0) is 11.8. The highest BCUT2D eigenvalue weighted by Gasteiger charge is 2.24. The van der Waals surface area contributed by atoms with Crippen LogP contribution in [0.4, 0.5) is 10.1 Å². The second-order valence-electron chi connectivity index (χ2n) is 4.48. The van der Waals surface area contributed by atoms with Gasteiger partial charge in [0.2, 0.25) is 0 Å². The molecule has 1 saturated heterocycles. The van der Waals surface area contributed by atoms with Crippen LogP contribution in [-0.4, -0.2) is 25.7 Å². The summed E-state index contributed by atoms with van der Waals surface area (Å²) in [6.07, 6.45) is 1.61. The highest BCUT2D eigenvalue weighted by molar-refractivity contribution is 5.90. The second-order valence-corrected chi connectivity index (χ2v) is 4.48. The van der Waals surface area contributed by atoms with Gasteiger partial charge in [0.25, 0.3) is 0 Å². The normalized spacial score (nSPS) is 19.9. The van der Waals surface area contributed by atoms with Crippen molar-refractivity contribution >= 4 is 29.1 Å². The van der Waals surface area contributed by atoms with Gasteiger partial charge in [0.05, 0.1) is 6.26 Å². The molecule has 3 nitrogen and oxygen atoms in total. The molecule has 1 aromatic heterocycles. The number of anilines is 1. The van der Waals surface area contributed by atoms with Crippen molar-refractivity contribution in [1.29, 1.82) is 0 Å². The smallest absolute Gasteiger partial charge is 0.160 e. The SMILES string of the molecule is CC1CNCCN1c1c(F)ccc2ccoc12.Cl. The van der Waals surface area contributed by atoms with E-state index in [0.717, 1.165) is 25.0 Å². The molecule has 1 fully saturated rings. The van der Waals surface area contributed by atoms with Gasteiger partial charge in [0.15, 0.2) is 5.58 Å². The molecule has 1 aliphatic heterocycles. The number of piperazine rings is 1. The number of fused-ring (bicyclic) bond motifs is 1. The van der Waals surface area contributed by atoms with E-state index in [4.69, 9.17) is 4.42 Å². The molecule has 1 atom stereocenters. The average Bonchev–Trinajstić information content (AvgIpc) is 2.79. The van der Waals surface area contributed by atoms with Crippen LogP contribution in [0.5, 0.6) is 0 Å². The fourth-order valence-electron chi connectivity index (χ4n) is 2.43. The van der Waals surface area contributed by atoms with Crippen LogP contribution in [0.15, 0.2) is 28.9 Å². The van der Waals surface area contributed by atoms with Gasteiger partial charge >= 0.3 is 0 Å². The Morgan fingerprint density at radius 1 is 1.39 bits per heavy atom. The van der Waals surface area contributed by atoms with E-state index >= 15 is 0 Å². The van der Waals surface area contributed by atoms with Crippen molar-refractivity contribution in [3.8, 4) is 0 Å². The molecule has 0 spiro atoms. The molecule has 2 heterocycles. The molecule has 1 N–H and O–H groups in total. The predicted octanol–water partition coefficient (Wildman–Crippen LogP) is 2.79. The van der Waals surface area contributed by atoms with E-state index < -0.39 is 0 Å². The van der Waals surface area contributed by atoms with E-state index in [1.165, 1.54) is 6.07 Å². The largest absolute Gasteiger partial charge is 0.462 e. The Kier molecular flexibility index (Phi) is 3.78. The van der Waals surface area contributed by atoms with Gasteiger partial charge in [-0.3, -0.25) is 0 Å². The van der Waals surface area contributed by atoms with Crippen molar-refractivity contribution in [2.24, 2.45) is 0 Å². The zero-order valence-corrected chi connectivity index (χ0v) is 11.0. The summed E-state index contributed by atoms with van der Waals surface area (Å²) in [6, 6.07) is 5.41. The van der Waals surface area contributed by atoms with Crippen LogP contribution >= 0.6 is 12.4 Å². The summed E-state index contributed by atoms with van der Waals surface area (Å²) in [5, 5.41) is 4.25. The standard InChI is InChI=1S/C13H15FN2O.ClH/c1-9-8-15-5-6-16(9)12-11(14)3-2-10-4-7-17-13(10)12;/h2-4,7,9,15H,5-6,8H2,1H3;1H. The van der Waals surface area contributed by atoms with Gasteiger partial charge in [0, 0.05) is 31.1 Å². The highest BCUT2D eigenvalue weighted by atomic mass is 35.5. The van der Waals surface area contributed by atoms with Crippen molar-refractivity contribution in [2.75, 3.05) is 24.5 Å². The molecule has 0 aliphatic carbocycles. The molecule has 1 unspecified atom stereocenters. The van der Waals surface area contributed by atoms with Gasteiger partial charge < -0.3 is 14.6 Å². The Balaban J connectivity index is 0.00000120. The van der Waals surface area contributed by atoms with Crippen molar-refractivity contribution in [3.05, 3.63) is 30.3 Å². The molecule has 2 aromatic rings. The number of halogens is 2. The van der Waals surface area contributed by atoms with E-state index in [2.05, 4.69) is 17.1 Å². The van der Waals surface area contributed by atoms with Crippen LogP contribution < -0.4 is 10.2 Å². The quantitative estimate of drug-likeness (QED) is 0.864. The van der Waals surface area contributed by atoms with Crippen LogP contribution in [-0.2, 0) is 0 Å². The van der Waals surface area contributed by atoms with Gasteiger partial charge in [-0.1, -0.05) is 0 Å². The van der Waals surface area contributed by atoms with E-state index in [0.29, 0.717) is 11.3 Å². The zero-order valence-electron chi connectivity index (χ0n) is 10.1. The van der Waals surface area contributed by atoms with Crippen molar-refractivity contribution in [3.63, 3.8) is 0 Å². The molecular weight excluding hydrogens is 255 g/mol. The van der Waals surface area contributed by atoms with Crippen molar-refractivity contribution in [1.82, 2.24) is 5.32 Å². The van der Waals surface area contributed by atoms with Crippen molar-refractivity contribution in [2.45, 2.75) is 13.0 Å². The third-order valence-corrected chi connectivity index (χ3v) is 3.33. The second kappa shape index (κ2) is 5.16. The highest BCUT2D eigenvalue weighted by Crippen LogP contribution is 2.32. The first-order valence-corrected chi connectivity index (χ1v) is 5.90. The molecular formula is C13H16ClFN2O. The number of benzene rings is 1. The summed E-state index contributed by atoms with van der Waals surface area (Å²) in [5.41, 5.74) is 1.25. The number of nitrogens with zero attached hydrogens (tertiary/aromatic N) is 1. The number of furan rings is 1. The minimum atomic E-state index is -0.207. The maximum atomic E-state index is 14.0. The minimum absolute atomic E-state index is 0.